The quantitative estimate of drug-likeness (QED) is 0.447. The first-order valence-electron chi connectivity index (χ1n) is 5.64. The second kappa shape index (κ2) is 7.05. The maximum absolute atomic E-state index is 10.9. The second-order valence-corrected chi connectivity index (χ2v) is 5.13. The highest BCUT2D eigenvalue weighted by Crippen LogP contribution is 2.24. The van der Waals surface area contributed by atoms with Gasteiger partial charge in [0.05, 0.1) is 16.9 Å². The van der Waals surface area contributed by atoms with E-state index in [1.165, 1.54) is 18.3 Å². The Morgan fingerprint density at radius 3 is 2.79 bits per heavy atom. The number of aliphatic carboxylic acids is 1. The van der Waals surface area contributed by atoms with Crippen LogP contribution in [0.25, 0.3) is 0 Å². The zero-order valence-corrected chi connectivity index (χ0v) is 11.3. The largest absolute Gasteiger partial charge is 0.548 e. The summed E-state index contributed by atoms with van der Waals surface area (Å²) in [6, 6.07) is 1.88. The van der Waals surface area contributed by atoms with Gasteiger partial charge < -0.3 is 9.90 Å². The van der Waals surface area contributed by atoms with Gasteiger partial charge in [-0.2, -0.15) is 0 Å². The van der Waals surface area contributed by atoms with Crippen LogP contribution in [0.4, 0.5) is 5.69 Å². The molecule has 1 N–H and O–H groups in total. The zero-order valence-electron chi connectivity index (χ0n) is 10.5. The van der Waals surface area contributed by atoms with Crippen molar-refractivity contribution in [1.82, 2.24) is 9.71 Å². The second-order valence-electron chi connectivity index (χ2n) is 4.31. The molecule has 0 fully saturated rings. The zero-order chi connectivity index (χ0) is 14.4. The summed E-state index contributed by atoms with van der Waals surface area (Å²) < 4.78 is 2.65. The molecule has 1 heterocycles. The number of hydrogen-bond acceptors (Lipinski definition) is 7. The average Bonchev–Trinajstić information content (AvgIpc) is 2.34. The summed E-state index contributed by atoms with van der Waals surface area (Å²) in [7, 11) is 0. The highest BCUT2D eigenvalue weighted by Gasteiger charge is 2.18. The van der Waals surface area contributed by atoms with Crippen molar-refractivity contribution < 1.29 is 14.8 Å². The van der Waals surface area contributed by atoms with Crippen molar-refractivity contribution in [3.63, 3.8) is 0 Å². The molecule has 0 radical (unpaired) electrons. The summed E-state index contributed by atoms with van der Waals surface area (Å²) in [5, 5.41) is 21.8. The lowest BCUT2D eigenvalue weighted by molar-refractivity contribution is -0.388. The van der Waals surface area contributed by atoms with Gasteiger partial charge in [-0.3, -0.25) is 10.1 Å². The number of hydrogen-bond donors (Lipinski definition) is 1. The summed E-state index contributed by atoms with van der Waals surface area (Å²) in [5.74, 6) is -1.07. The summed E-state index contributed by atoms with van der Waals surface area (Å²) in [5.41, 5.74) is -0.165. The van der Waals surface area contributed by atoms with E-state index in [4.69, 9.17) is 0 Å². The van der Waals surface area contributed by atoms with Crippen molar-refractivity contribution in [1.29, 1.82) is 0 Å². The highest BCUT2D eigenvalue weighted by molar-refractivity contribution is 7.97. The molecule has 8 heteroatoms. The van der Waals surface area contributed by atoms with Gasteiger partial charge in [0.25, 0.3) is 0 Å². The molecule has 0 aliphatic carbocycles. The summed E-state index contributed by atoms with van der Waals surface area (Å²) in [6.45, 7) is 3.76. The first-order chi connectivity index (χ1) is 8.91. The van der Waals surface area contributed by atoms with E-state index in [1.807, 2.05) is 13.8 Å². The van der Waals surface area contributed by atoms with E-state index >= 15 is 0 Å². The molecule has 0 aliphatic heterocycles. The molecular formula is C11H14N3O4S-. The number of carbonyl (C=O) groups is 1. The predicted molar refractivity (Wildman–Crippen MR) is 68.1 cm³/mol. The Bertz CT molecular complexity index is 467. The normalized spacial score (nSPS) is 12.4. The van der Waals surface area contributed by atoms with E-state index in [0.717, 1.165) is 11.9 Å². The third-order valence-corrected chi connectivity index (χ3v) is 3.15. The van der Waals surface area contributed by atoms with Crippen LogP contribution in [0.5, 0.6) is 0 Å². The number of carbonyl (C=O) groups excluding carboxylic acids is 1. The van der Waals surface area contributed by atoms with Crippen molar-refractivity contribution >= 4 is 23.6 Å². The third kappa shape index (κ3) is 4.84. The standard InChI is InChI=1S/C11H15N3O4S/c1-7(2)6-8(11(15)16)13-19-10-9(14(17)18)4-3-5-12-10/h3-5,7-8,13H,6H2,1-2H3,(H,15,16)/p-1/t8-/m0/s1. The molecule has 7 nitrogen and oxygen atoms in total. The monoisotopic (exact) mass is 284 g/mol. The number of nitrogens with zero attached hydrogens (tertiary/aromatic N) is 2. The Kier molecular flexibility index (Phi) is 5.71. The predicted octanol–water partition coefficient (Wildman–Crippen LogP) is 0.751. The topological polar surface area (TPSA) is 108 Å². The molecule has 0 amide bonds. The molecule has 0 unspecified atom stereocenters. The van der Waals surface area contributed by atoms with Gasteiger partial charge in [0.1, 0.15) is 0 Å². The lowest BCUT2D eigenvalue weighted by Gasteiger charge is -2.20. The van der Waals surface area contributed by atoms with Gasteiger partial charge in [0.15, 0.2) is 5.03 Å². The lowest BCUT2D eigenvalue weighted by atomic mass is 10.1. The van der Waals surface area contributed by atoms with E-state index in [-0.39, 0.29) is 16.6 Å². The maximum Gasteiger partial charge on any atom is 0.302 e. The van der Waals surface area contributed by atoms with Crippen LogP contribution in [0.2, 0.25) is 0 Å². The Labute approximate surface area is 114 Å². The van der Waals surface area contributed by atoms with Crippen molar-refractivity contribution in [3.8, 4) is 0 Å². The van der Waals surface area contributed by atoms with Crippen LogP contribution in [0.1, 0.15) is 20.3 Å². The van der Waals surface area contributed by atoms with Crippen LogP contribution in [-0.4, -0.2) is 21.9 Å². The van der Waals surface area contributed by atoms with Gasteiger partial charge in [-0.25, -0.2) is 9.71 Å². The smallest absolute Gasteiger partial charge is 0.302 e. The molecule has 0 aliphatic rings. The van der Waals surface area contributed by atoms with Crippen molar-refractivity contribution in [2.24, 2.45) is 5.92 Å². The van der Waals surface area contributed by atoms with Gasteiger partial charge in [-0.05, 0) is 30.4 Å². The number of carboxylic acid groups (broad SMARTS) is 1. The number of aromatic nitrogens is 1. The Morgan fingerprint density at radius 1 is 1.58 bits per heavy atom. The van der Waals surface area contributed by atoms with Crippen molar-refractivity contribution in [2.45, 2.75) is 31.3 Å². The van der Waals surface area contributed by atoms with Gasteiger partial charge in [-0.15, -0.1) is 0 Å². The molecule has 1 aromatic heterocycles. The van der Waals surface area contributed by atoms with Crippen LogP contribution < -0.4 is 9.83 Å². The van der Waals surface area contributed by atoms with Gasteiger partial charge in [-0.1, -0.05) is 13.8 Å². The fourth-order valence-corrected chi connectivity index (χ4v) is 2.20. The van der Waals surface area contributed by atoms with Crippen LogP contribution in [-0.2, 0) is 4.79 Å². The summed E-state index contributed by atoms with van der Waals surface area (Å²) in [6.07, 6.45) is 1.78. The molecule has 0 spiro atoms. The minimum atomic E-state index is -1.24. The molecular weight excluding hydrogens is 270 g/mol. The molecule has 0 saturated heterocycles. The SMILES string of the molecule is CC(C)C[C@H](NSc1ncccc1[N+](=O)[O-])C(=O)[O-]. The van der Waals surface area contributed by atoms with Gasteiger partial charge >= 0.3 is 5.69 Å². The molecule has 1 atom stereocenters. The van der Waals surface area contributed by atoms with E-state index < -0.39 is 16.9 Å². The number of nitro groups is 1. The summed E-state index contributed by atoms with van der Waals surface area (Å²) >= 11 is 0.830. The average molecular weight is 284 g/mol. The highest BCUT2D eigenvalue weighted by atomic mass is 32.2. The Balaban J connectivity index is 2.74. The third-order valence-electron chi connectivity index (χ3n) is 2.24. The number of pyridine rings is 1. The molecule has 0 aromatic carbocycles. The number of carboxylic acids is 1. The molecule has 19 heavy (non-hydrogen) atoms. The molecule has 104 valence electrons. The lowest BCUT2D eigenvalue weighted by Crippen LogP contribution is -2.43. The van der Waals surface area contributed by atoms with Crippen LogP contribution in [0.15, 0.2) is 23.4 Å². The number of rotatable bonds is 7. The van der Waals surface area contributed by atoms with E-state index in [9.17, 15) is 20.0 Å². The first-order valence-corrected chi connectivity index (χ1v) is 6.46. The van der Waals surface area contributed by atoms with Crippen LogP contribution in [0.3, 0.4) is 0 Å². The minimum absolute atomic E-state index is 0.127. The van der Waals surface area contributed by atoms with Crippen LogP contribution >= 0.6 is 11.9 Å². The van der Waals surface area contributed by atoms with Crippen molar-refractivity contribution in [3.05, 3.63) is 28.4 Å². The van der Waals surface area contributed by atoms with E-state index in [1.54, 1.807) is 0 Å². The van der Waals surface area contributed by atoms with Gasteiger partial charge in [0.2, 0.25) is 0 Å². The van der Waals surface area contributed by atoms with Crippen LogP contribution in [0, 0.1) is 16.0 Å². The minimum Gasteiger partial charge on any atom is -0.548 e. The first kappa shape index (κ1) is 15.4. The Hall–Kier alpha value is -1.67. The molecule has 0 bridgehead atoms. The fraction of sp³-hybridized carbons (Fsp3) is 0.455. The molecule has 1 aromatic rings. The fourth-order valence-electron chi connectivity index (χ4n) is 1.39. The summed E-state index contributed by atoms with van der Waals surface area (Å²) in [4.78, 5) is 25.0. The van der Waals surface area contributed by atoms with Gasteiger partial charge in [0, 0.05) is 12.3 Å². The Morgan fingerprint density at radius 2 is 2.26 bits per heavy atom. The van der Waals surface area contributed by atoms with E-state index in [0.29, 0.717) is 6.42 Å². The van der Waals surface area contributed by atoms with Crippen molar-refractivity contribution in [2.75, 3.05) is 0 Å². The van der Waals surface area contributed by atoms with E-state index in [2.05, 4.69) is 9.71 Å². The maximum atomic E-state index is 10.9. The molecule has 0 saturated carbocycles. The number of nitrogens with one attached hydrogen (secondary N) is 1. The molecule has 1 rings (SSSR count).